The van der Waals surface area contributed by atoms with Crippen LogP contribution < -0.4 is 15.8 Å². The maximum atomic E-state index is 11.8. The van der Waals surface area contributed by atoms with Gasteiger partial charge in [0.15, 0.2) is 0 Å². The highest BCUT2D eigenvalue weighted by Gasteiger charge is 2.12. The van der Waals surface area contributed by atoms with Crippen LogP contribution in [0.2, 0.25) is 0 Å². The number of methoxy groups -OCH3 is 1. The van der Waals surface area contributed by atoms with Crippen molar-refractivity contribution in [2.75, 3.05) is 24.8 Å². The van der Waals surface area contributed by atoms with Crippen LogP contribution in [0.1, 0.15) is 20.8 Å². The van der Waals surface area contributed by atoms with E-state index >= 15 is 0 Å². The van der Waals surface area contributed by atoms with Gasteiger partial charge >= 0.3 is 0 Å². The molecule has 1 aromatic carbocycles. The first kappa shape index (κ1) is 15.3. The van der Waals surface area contributed by atoms with Crippen molar-refractivity contribution in [3.63, 3.8) is 0 Å². The lowest BCUT2D eigenvalue weighted by atomic mass is 10.1. The van der Waals surface area contributed by atoms with Gasteiger partial charge in [-0.3, -0.25) is 4.79 Å². The lowest BCUT2D eigenvalue weighted by Crippen LogP contribution is -2.24. The molecular weight excluding hydrogens is 244 g/mol. The minimum Gasteiger partial charge on any atom is -0.494 e. The Labute approximate surface area is 114 Å². The molecule has 0 radical (unpaired) electrons. The highest BCUT2D eigenvalue weighted by molar-refractivity contribution is 5.93. The molecule has 5 heteroatoms. The van der Waals surface area contributed by atoms with Crippen molar-refractivity contribution in [2.45, 2.75) is 26.9 Å². The van der Waals surface area contributed by atoms with E-state index < -0.39 is 0 Å². The van der Waals surface area contributed by atoms with Gasteiger partial charge in [-0.15, -0.1) is 0 Å². The number of nitrogen functional groups attached to an aromatic ring is 1. The zero-order chi connectivity index (χ0) is 14.4. The monoisotopic (exact) mass is 266 g/mol. The maximum Gasteiger partial charge on any atom is 0.250 e. The van der Waals surface area contributed by atoms with Crippen LogP contribution in [0.5, 0.6) is 5.75 Å². The molecule has 5 nitrogen and oxygen atoms in total. The van der Waals surface area contributed by atoms with Gasteiger partial charge in [-0.1, -0.05) is 13.8 Å². The van der Waals surface area contributed by atoms with Gasteiger partial charge in [0, 0.05) is 11.8 Å². The number of nitrogens with one attached hydrogen (secondary N) is 1. The molecule has 0 aliphatic heterocycles. The van der Waals surface area contributed by atoms with E-state index in [4.69, 9.17) is 15.2 Å². The maximum absolute atomic E-state index is 11.8. The highest BCUT2D eigenvalue weighted by atomic mass is 16.5. The summed E-state index contributed by atoms with van der Waals surface area (Å²) in [5, 5.41) is 2.74. The van der Waals surface area contributed by atoms with Crippen molar-refractivity contribution >= 4 is 17.3 Å². The molecule has 1 atom stereocenters. The number of amides is 1. The van der Waals surface area contributed by atoms with Gasteiger partial charge in [0.25, 0.3) is 0 Å². The van der Waals surface area contributed by atoms with Crippen molar-refractivity contribution < 1.29 is 14.3 Å². The number of rotatable bonds is 6. The van der Waals surface area contributed by atoms with Crippen LogP contribution in [-0.2, 0) is 9.53 Å². The summed E-state index contributed by atoms with van der Waals surface area (Å²) in [4.78, 5) is 11.8. The summed E-state index contributed by atoms with van der Waals surface area (Å²) in [5.41, 5.74) is 6.82. The number of carbonyl (C=O) groups excluding carboxylic acids is 1. The number of ether oxygens (including phenoxy) is 2. The number of anilines is 2. The van der Waals surface area contributed by atoms with Crippen LogP contribution in [0.15, 0.2) is 18.2 Å². The first-order valence-electron chi connectivity index (χ1n) is 6.29. The topological polar surface area (TPSA) is 73.6 Å². The average Bonchev–Trinajstić information content (AvgIpc) is 2.37. The molecule has 19 heavy (non-hydrogen) atoms. The van der Waals surface area contributed by atoms with Crippen LogP contribution in [-0.4, -0.2) is 25.7 Å². The Morgan fingerprint density at radius 3 is 2.63 bits per heavy atom. The van der Waals surface area contributed by atoms with Crippen LogP contribution in [0.25, 0.3) is 0 Å². The zero-order valence-electron chi connectivity index (χ0n) is 11.9. The third kappa shape index (κ3) is 4.79. The minimum absolute atomic E-state index is 0.0207. The normalized spacial score (nSPS) is 12.3. The molecule has 106 valence electrons. The summed E-state index contributed by atoms with van der Waals surface area (Å²) in [7, 11) is 1.53. The third-order valence-corrected chi connectivity index (χ3v) is 2.92. The van der Waals surface area contributed by atoms with Crippen LogP contribution >= 0.6 is 0 Å². The summed E-state index contributed by atoms with van der Waals surface area (Å²) in [5.74, 6) is 0.694. The number of carbonyl (C=O) groups is 1. The molecule has 0 spiro atoms. The second kappa shape index (κ2) is 6.99. The number of hydrogen-bond donors (Lipinski definition) is 2. The highest BCUT2D eigenvalue weighted by Crippen LogP contribution is 2.26. The van der Waals surface area contributed by atoms with Crippen LogP contribution in [0, 0.1) is 5.92 Å². The Balaban J connectivity index is 2.57. The lowest BCUT2D eigenvalue weighted by Gasteiger charge is -2.16. The zero-order valence-corrected chi connectivity index (χ0v) is 11.9. The number of benzene rings is 1. The van der Waals surface area contributed by atoms with Gasteiger partial charge in [-0.05, 0) is 25.0 Å². The molecule has 3 N–H and O–H groups in total. The van der Waals surface area contributed by atoms with Gasteiger partial charge in [0.1, 0.15) is 12.4 Å². The van der Waals surface area contributed by atoms with Crippen molar-refractivity contribution in [2.24, 2.45) is 5.92 Å². The van der Waals surface area contributed by atoms with Crippen LogP contribution in [0.4, 0.5) is 11.4 Å². The quantitative estimate of drug-likeness (QED) is 0.775. The largest absolute Gasteiger partial charge is 0.494 e. The summed E-state index contributed by atoms with van der Waals surface area (Å²) in [6, 6.07) is 5.07. The summed E-state index contributed by atoms with van der Waals surface area (Å²) in [6.45, 7) is 6.06. The van der Waals surface area contributed by atoms with Gasteiger partial charge in [0.05, 0.1) is 18.9 Å². The predicted octanol–water partition coefficient (Wildman–Crippen LogP) is 2.28. The van der Waals surface area contributed by atoms with E-state index in [2.05, 4.69) is 5.32 Å². The lowest BCUT2D eigenvalue weighted by molar-refractivity contribution is -0.123. The summed E-state index contributed by atoms with van der Waals surface area (Å²) >= 11 is 0. The Morgan fingerprint density at radius 1 is 1.37 bits per heavy atom. The molecule has 0 saturated carbocycles. The van der Waals surface area contributed by atoms with Crippen molar-refractivity contribution in [1.29, 1.82) is 0 Å². The molecule has 0 bridgehead atoms. The standard InChI is InChI=1S/C14H22N2O3/c1-9(2)10(3)19-8-14(17)16-12-6-5-11(15)7-13(12)18-4/h5-7,9-10H,8,15H2,1-4H3,(H,16,17). The van der Waals surface area contributed by atoms with Gasteiger partial charge in [0.2, 0.25) is 5.91 Å². The Bertz CT molecular complexity index is 433. The van der Waals surface area contributed by atoms with E-state index in [1.54, 1.807) is 18.2 Å². The Hall–Kier alpha value is -1.75. The molecule has 1 rings (SSSR count). The molecule has 1 unspecified atom stereocenters. The number of nitrogens with two attached hydrogens (primary N) is 1. The molecule has 0 saturated heterocycles. The van der Waals surface area contributed by atoms with Gasteiger partial charge in [-0.2, -0.15) is 0 Å². The molecule has 0 aliphatic rings. The van der Waals surface area contributed by atoms with E-state index in [0.29, 0.717) is 23.0 Å². The Kier molecular flexibility index (Phi) is 5.63. The fourth-order valence-corrected chi connectivity index (χ4v) is 1.40. The fourth-order valence-electron chi connectivity index (χ4n) is 1.40. The van der Waals surface area contributed by atoms with E-state index in [0.717, 1.165) is 0 Å². The van der Waals surface area contributed by atoms with Crippen molar-refractivity contribution in [3.05, 3.63) is 18.2 Å². The molecule has 1 aromatic rings. The smallest absolute Gasteiger partial charge is 0.250 e. The van der Waals surface area contributed by atoms with Crippen LogP contribution in [0.3, 0.4) is 0 Å². The SMILES string of the molecule is COc1cc(N)ccc1NC(=O)COC(C)C(C)C. The Morgan fingerprint density at radius 2 is 2.05 bits per heavy atom. The van der Waals surface area contributed by atoms with E-state index in [9.17, 15) is 4.79 Å². The van der Waals surface area contributed by atoms with Gasteiger partial charge < -0.3 is 20.5 Å². The van der Waals surface area contributed by atoms with E-state index in [1.807, 2.05) is 20.8 Å². The molecule has 0 heterocycles. The average molecular weight is 266 g/mol. The predicted molar refractivity (Wildman–Crippen MR) is 76.3 cm³/mol. The molecule has 0 aliphatic carbocycles. The molecule has 0 fully saturated rings. The van der Waals surface area contributed by atoms with Gasteiger partial charge in [-0.25, -0.2) is 0 Å². The minimum atomic E-state index is -0.212. The van der Waals surface area contributed by atoms with E-state index in [-0.39, 0.29) is 18.6 Å². The molecule has 0 aromatic heterocycles. The first-order chi connectivity index (χ1) is 8.93. The number of hydrogen-bond acceptors (Lipinski definition) is 4. The first-order valence-corrected chi connectivity index (χ1v) is 6.29. The summed E-state index contributed by atoms with van der Waals surface area (Å²) < 4.78 is 10.6. The fraction of sp³-hybridized carbons (Fsp3) is 0.500. The molecular formula is C14H22N2O3. The third-order valence-electron chi connectivity index (χ3n) is 2.92. The van der Waals surface area contributed by atoms with Crippen molar-refractivity contribution in [3.8, 4) is 5.75 Å². The van der Waals surface area contributed by atoms with Crippen molar-refractivity contribution in [1.82, 2.24) is 0 Å². The second-order valence-electron chi connectivity index (χ2n) is 4.77. The molecule has 1 amide bonds. The van der Waals surface area contributed by atoms with E-state index in [1.165, 1.54) is 7.11 Å². The summed E-state index contributed by atoms with van der Waals surface area (Å²) in [6.07, 6.45) is 0.0408. The second-order valence-corrected chi connectivity index (χ2v) is 4.77.